The van der Waals surface area contributed by atoms with Gasteiger partial charge in [-0.2, -0.15) is 0 Å². The lowest BCUT2D eigenvalue weighted by Gasteiger charge is -2.28. The van der Waals surface area contributed by atoms with Gasteiger partial charge in [-0.15, -0.1) is 0 Å². The average Bonchev–Trinajstić information content (AvgIpc) is 3.45. The van der Waals surface area contributed by atoms with Crippen molar-refractivity contribution in [3.05, 3.63) is 53.6 Å². The van der Waals surface area contributed by atoms with Gasteiger partial charge in [0.2, 0.25) is 0 Å². The Morgan fingerprint density at radius 2 is 1.65 bits per heavy atom. The average molecular weight is 307 g/mol. The van der Waals surface area contributed by atoms with Crippen LogP contribution >= 0.6 is 0 Å². The Bertz CT molecular complexity index is 781. The van der Waals surface area contributed by atoms with Crippen LogP contribution in [-0.2, 0) is 4.74 Å². The van der Waals surface area contributed by atoms with Gasteiger partial charge in [0.1, 0.15) is 13.2 Å². The molecule has 2 aliphatic heterocycles. The predicted octanol–water partition coefficient (Wildman–Crippen LogP) is 4.02. The topological polar surface area (TPSA) is 40.0 Å². The van der Waals surface area contributed by atoms with Crippen LogP contribution < -0.4 is 9.47 Å². The lowest BCUT2D eigenvalue weighted by atomic mass is 9.98. The summed E-state index contributed by atoms with van der Waals surface area (Å²) in [4.78, 5) is 4.75. The Hall–Kier alpha value is -2.49. The monoisotopic (exact) mass is 307 g/mol. The van der Waals surface area contributed by atoms with Crippen molar-refractivity contribution in [2.24, 2.45) is 10.9 Å². The molecule has 0 saturated heterocycles. The quantitative estimate of drug-likeness (QED) is 0.841. The van der Waals surface area contributed by atoms with Gasteiger partial charge < -0.3 is 14.2 Å². The number of hydrogen-bond acceptors (Lipinski definition) is 4. The van der Waals surface area contributed by atoms with Crippen LogP contribution in [0.25, 0.3) is 0 Å². The third kappa shape index (κ3) is 2.25. The highest BCUT2D eigenvalue weighted by Gasteiger charge is 2.36. The molecule has 0 bridgehead atoms. The van der Waals surface area contributed by atoms with E-state index < -0.39 is 0 Å². The molecule has 2 heterocycles. The van der Waals surface area contributed by atoms with Crippen LogP contribution in [0, 0.1) is 5.92 Å². The molecule has 0 radical (unpaired) electrons. The largest absolute Gasteiger partial charge is 0.486 e. The molecule has 2 aromatic rings. The third-order valence-corrected chi connectivity index (χ3v) is 4.47. The van der Waals surface area contributed by atoms with Crippen molar-refractivity contribution in [2.75, 3.05) is 13.2 Å². The van der Waals surface area contributed by atoms with Gasteiger partial charge in [0, 0.05) is 17.5 Å². The van der Waals surface area contributed by atoms with Crippen molar-refractivity contribution >= 4 is 11.6 Å². The summed E-state index contributed by atoms with van der Waals surface area (Å²) >= 11 is 0. The summed E-state index contributed by atoms with van der Waals surface area (Å²) in [5.74, 6) is 2.90. The lowest BCUT2D eigenvalue weighted by Crippen LogP contribution is -2.20. The SMILES string of the molecule is c1ccc(C2OC(C3CC3)=Nc3cc4c(cc32)OCCO4)cc1. The number of hydrogen-bond donors (Lipinski definition) is 0. The first-order valence-electron chi connectivity index (χ1n) is 8.12. The Morgan fingerprint density at radius 1 is 0.913 bits per heavy atom. The fraction of sp³-hybridized carbons (Fsp3) is 0.316. The highest BCUT2D eigenvalue weighted by atomic mass is 16.6. The van der Waals surface area contributed by atoms with Crippen LogP contribution in [-0.4, -0.2) is 19.1 Å². The molecule has 1 fully saturated rings. The molecule has 3 aliphatic rings. The van der Waals surface area contributed by atoms with E-state index in [9.17, 15) is 0 Å². The van der Waals surface area contributed by atoms with Crippen LogP contribution in [0.1, 0.15) is 30.1 Å². The summed E-state index contributed by atoms with van der Waals surface area (Å²) in [6.07, 6.45) is 2.20. The number of aliphatic imine (C=N–C) groups is 1. The third-order valence-electron chi connectivity index (χ3n) is 4.47. The summed E-state index contributed by atoms with van der Waals surface area (Å²) in [5.41, 5.74) is 3.12. The van der Waals surface area contributed by atoms with Gasteiger partial charge >= 0.3 is 0 Å². The first-order chi connectivity index (χ1) is 11.4. The lowest BCUT2D eigenvalue weighted by molar-refractivity contribution is 0.169. The van der Waals surface area contributed by atoms with Gasteiger partial charge in [-0.25, -0.2) is 4.99 Å². The zero-order chi connectivity index (χ0) is 15.2. The minimum absolute atomic E-state index is 0.130. The summed E-state index contributed by atoms with van der Waals surface area (Å²) in [6, 6.07) is 14.3. The van der Waals surface area contributed by atoms with E-state index in [1.54, 1.807) is 0 Å². The van der Waals surface area contributed by atoms with Crippen molar-refractivity contribution in [3.63, 3.8) is 0 Å². The fourth-order valence-electron chi connectivity index (χ4n) is 3.12. The maximum atomic E-state index is 6.27. The molecule has 0 spiro atoms. The zero-order valence-electron chi connectivity index (χ0n) is 12.7. The number of ether oxygens (including phenoxy) is 3. The number of fused-ring (bicyclic) bond motifs is 2. The van der Waals surface area contributed by atoms with Crippen molar-refractivity contribution in [3.8, 4) is 11.5 Å². The normalized spacial score (nSPS) is 21.9. The smallest absolute Gasteiger partial charge is 0.192 e. The van der Waals surface area contributed by atoms with Crippen LogP contribution in [0.15, 0.2) is 47.5 Å². The molecule has 1 aliphatic carbocycles. The van der Waals surface area contributed by atoms with Crippen LogP contribution in [0.4, 0.5) is 5.69 Å². The molecule has 2 aromatic carbocycles. The van der Waals surface area contributed by atoms with E-state index in [-0.39, 0.29) is 6.10 Å². The molecule has 0 aromatic heterocycles. The first kappa shape index (κ1) is 13.0. The Kier molecular flexibility index (Phi) is 2.83. The second-order valence-corrected chi connectivity index (χ2v) is 6.19. The molecule has 4 nitrogen and oxygen atoms in total. The van der Waals surface area contributed by atoms with Gasteiger partial charge in [-0.1, -0.05) is 30.3 Å². The fourth-order valence-corrected chi connectivity index (χ4v) is 3.12. The van der Waals surface area contributed by atoms with E-state index in [1.807, 2.05) is 30.3 Å². The Labute approximate surface area is 134 Å². The van der Waals surface area contributed by atoms with Crippen molar-refractivity contribution in [1.82, 2.24) is 0 Å². The van der Waals surface area contributed by atoms with Gasteiger partial charge in [-0.3, -0.25) is 0 Å². The minimum Gasteiger partial charge on any atom is -0.486 e. The van der Waals surface area contributed by atoms with Crippen molar-refractivity contribution < 1.29 is 14.2 Å². The molecule has 1 unspecified atom stereocenters. The van der Waals surface area contributed by atoms with Crippen LogP contribution in [0.3, 0.4) is 0 Å². The highest BCUT2D eigenvalue weighted by molar-refractivity contribution is 5.87. The molecule has 23 heavy (non-hydrogen) atoms. The molecule has 116 valence electrons. The van der Waals surface area contributed by atoms with E-state index in [0.29, 0.717) is 19.1 Å². The number of rotatable bonds is 2. The molecule has 0 N–H and O–H groups in total. The van der Waals surface area contributed by atoms with Crippen molar-refractivity contribution in [2.45, 2.75) is 18.9 Å². The molecule has 1 atom stereocenters. The molecule has 5 rings (SSSR count). The van der Waals surface area contributed by atoms with Gasteiger partial charge in [0.05, 0.1) is 5.69 Å². The van der Waals surface area contributed by atoms with Gasteiger partial charge in [0.15, 0.2) is 23.5 Å². The minimum atomic E-state index is -0.130. The maximum absolute atomic E-state index is 6.27. The number of benzene rings is 2. The Balaban J connectivity index is 1.65. The number of nitrogens with zero attached hydrogens (tertiary/aromatic N) is 1. The predicted molar refractivity (Wildman–Crippen MR) is 86.6 cm³/mol. The van der Waals surface area contributed by atoms with E-state index in [1.165, 1.54) is 12.8 Å². The van der Waals surface area contributed by atoms with Gasteiger partial charge in [-0.05, 0) is 24.5 Å². The second kappa shape index (κ2) is 5.01. The molecular formula is C19H17NO3. The first-order valence-corrected chi connectivity index (χ1v) is 8.12. The summed E-state index contributed by atoms with van der Waals surface area (Å²) in [5, 5.41) is 0. The molecule has 1 saturated carbocycles. The van der Waals surface area contributed by atoms with E-state index >= 15 is 0 Å². The standard InChI is InChI=1S/C19H17NO3/c1-2-4-12(5-3-1)18-14-10-16-17(22-9-8-21-16)11-15(14)20-19(23-18)13-6-7-13/h1-5,10-11,13,18H,6-9H2. The van der Waals surface area contributed by atoms with E-state index in [2.05, 4.69) is 12.1 Å². The second-order valence-electron chi connectivity index (χ2n) is 6.19. The van der Waals surface area contributed by atoms with E-state index in [4.69, 9.17) is 19.2 Å². The molecule has 0 amide bonds. The summed E-state index contributed by atoms with van der Waals surface area (Å²) in [6.45, 7) is 1.17. The van der Waals surface area contributed by atoms with Crippen molar-refractivity contribution in [1.29, 1.82) is 0 Å². The molecule has 4 heteroatoms. The summed E-state index contributed by atoms with van der Waals surface area (Å²) in [7, 11) is 0. The molecular weight excluding hydrogens is 290 g/mol. The maximum Gasteiger partial charge on any atom is 0.192 e. The summed E-state index contributed by atoms with van der Waals surface area (Å²) < 4.78 is 17.7. The Morgan fingerprint density at radius 3 is 2.39 bits per heavy atom. The van der Waals surface area contributed by atoms with E-state index in [0.717, 1.165) is 34.2 Å². The highest BCUT2D eigenvalue weighted by Crippen LogP contribution is 2.47. The van der Waals surface area contributed by atoms with Crippen LogP contribution in [0.2, 0.25) is 0 Å². The zero-order valence-corrected chi connectivity index (χ0v) is 12.7. The van der Waals surface area contributed by atoms with Gasteiger partial charge in [0.25, 0.3) is 0 Å². The van der Waals surface area contributed by atoms with Crippen LogP contribution in [0.5, 0.6) is 11.5 Å².